The molecule has 3 aromatic rings. The third-order valence-electron chi connectivity index (χ3n) is 3.99. The summed E-state index contributed by atoms with van der Waals surface area (Å²) in [5.41, 5.74) is 1.89. The van der Waals surface area contributed by atoms with Crippen molar-refractivity contribution in [3.63, 3.8) is 0 Å². The number of aromatic nitrogens is 2. The van der Waals surface area contributed by atoms with Gasteiger partial charge in [0.05, 0.1) is 17.1 Å². The first-order chi connectivity index (χ1) is 13.0. The maximum atomic E-state index is 12.5. The quantitative estimate of drug-likeness (QED) is 0.687. The number of aryl methyl sites for hydroxylation is 1. The molecule has 2 heterocycles. The van der Waals surface area contributed by atoms with E-state index in [4.69, 9.17) is 0 Å². The Labute approximate surface area is 164 Å². The van der Waals surface area contributed by atoms with E-state index in [0.717, 1.165) is 5.69 Å². The first kappa shape index (κ1) is 20.0. The van der Waals surface area contributed by atoms with E-state index in [1.54, 1.807) is 55.5 Å². The second kappa shape index (κ2) is 7.37. The molecular formula is C20H24N4O3S. The van der Waals surface area contributed by atoms with Gasteiger partial charge < -0.3 is 5.32 Å². The number of rotatable bonds is 5. The lowest BCUT2D eigenvalue weighted by Crippen LogP contribution is -2.40. The van der Waals surface area contributed by atoms with Gasteiger partial charge in [-0.1, -0.05) is 12.1 Å². The maximum Gasteiger partial charge on any atom is 0.258 e. The first-order valence-corrected chi connectivity index (χ1v) is 10.4. The zero-order valence-corrected chi connectivity index (χ0v) is 17.2. The summed E-state index contributed by atoms with van der Waals surface area (Å²) in [4.78, 5) is 17.0. The summed E-state index contributed by atoms with van der Waals surface area (Å²) in [6.45, 7) is 7.52. The van der Waals surface area contributed by atoms with Crippen molar-refractivity contribution < 1.29 is 8.42 Å². The van der Waals surface area contributed by atoms with Gasteiger partial charge in [0.25, 0.3) is 5.56 Å². The van der Waals surface area contributed by atoms with Gasteiger partial charge in [-0.2, -0.15) is 0 Å². The van der Waals surface area contributed by atoms with Crippen LogP contribution in [0.25, 0.3) is 5.65 Å². The third kappa shape index (κ3) is 4.58. The van der Waals surface area contributed by atoms with E-state index in [9.17, 15) is 13.2 Å². The fraction of sp³-hybridized carbons (Fsp3) is 0.300. The summed E-state index contributed by atoms with van der Waals surface area (Å²) < 4.78 is 29.2. The molecule has 0 amide bonds. The van der Waals surface area contributed by atoms with Crippen molar-refractivity contribution in [1.29, 1.82) is 0 Å². The molecule has 8 heteroatoms. The smallest absolute Gasteiger partial charge is 0.258 e. The molecule has 0 spiro atoms. The number of nitrogens with zero attached hydrogens (tertiary/aromatic N) is 2. The average molecular weight is 401 g/mol. The van der Waals surface area contributed by atoms with Crippen LogP contribution in [-0.4, -0.2) is 23.3 Å². The molecule has 0 aliphatic carbocycles. The minimum atomic E-state index is -3.62. The van der Waals surface area contributed by atoms with E-state index >= 15 is 0 Å². The number of pyridine rings is 1. The molecule has 0 aliphatic rings. The predicted molar refractivity (Wildman–Crippen MR) is 110 cm³/mol. The standard InChI is InChI=1S/C20H24N4O3S/c1-14-7-5-10-18-22-16(12-19(25)24(14)18)13-21-15-8-6-9-17(11-15)28(26,27)23-20(2,3)4/h5-12,21,23H,13H2,1-4H3. The van der Waals surface area contributed by atoms with Gasteiger partial charge in [-0.3, -0.25) is 9.20 Å². The molecule has 0 unspecified atom stereocenters. The predicted octanol–water partition coefficient (Wildman–Crippen LogP) is 2.69. The number of hydrogen-bond acceptors (Lipinski definition) is 5. The van der Waals surface area contributed by atoms with Crippen molar-refractivity contribution in [2.75, 3.05) is 5.32 Å². The van der Waals surface area contributed by atoms with Gasteiger partial charge in [0.15, 0.2) is 0 Å². The summed E-state index contributed by atoms with van der Waals surface area (Å²) in [5.74, 6) is 0. The van der Waals surface area contributed by atoms with Crippen LogP contribution >= 0.6 is 0 Å². The summed E-state index contributed by atoms with van der Waals surface area (Å²) >= 11 is 0. The van der Waals surface area contributed by atoms with Gasteiger partial charge in [0.1, 0.15) is 5.65 Å². The van der Waals surface area contributed by atoms with Crippen LogP contribution in [0.5, 0.6) is 0 Å². The SMILES string of the molecule is Cc1cccc2nc(CNc3cccc(S(=O)(=O)NC(C)(C)C)c3)cc(=O)n12. The average Bonchev–Trinajstić information content (AvgIpc) is 2.58. The molecule has 3 rings (SSSR count). The lowest BCUT2D eigenvalue weighted by atomic mass is 10.1. The molecule has 7 nitrogen and oxygen atoms in total. The van der Waals surface area contributed by atoms with Crippen molar-refractivity contribution in [3.8, 4) is 0 Å². The van der Waals surface area contributed by atoms with E-state index < -0.39 is 15.6 Å². The number of nitrogens with one attached hydrogen (secondary N) is 2. The Morgan fingerprint density at radius 1 is 1.07 bits per heavy atom. The van der Waals surface area contributed by atoms with Gasteiger partial charge in [0, 0.05) is 23.0 Å². The highest BCUT2D eigenvalue weighted by Crippen LogP contribution is 2.18. The van der Waals surface area contributed by atoms with Crippen LogP contribution in [0.1, 0.15) is 32.2 Å². The van der Waals surface area contributed by atoms with Gasteiger partial charge >= 0.3 is 0 Å². The highest BCUT2D eigenvalue weighted by atomic mass is 32.2. The van der Waals surface area contributed by atoms with Crippen LogP contribution in [0.2, 0.25) is 0 Å². The van der Waals surface area contributed by atoms with Crippen LogP contribution in [0.15, 0.2) is 58.2 Å². The monoisotopic (exact) mass is 400 g/mol. The van der Waals surface area contributed by atoms with Crippen molar-refractivity contribution in [2.24, 2.45) is 0 Å². The summed E-state index contributed by atoms with van der Waals surface area (Å²) in [6.07, 6.45) is 0. The molecule has 28 heavy (non-hydrogen) atoms. The largest absolute Gasteiger partial charge is 0.379 e. The Hall–Kier alpha value is -2.71. The molecule has 0 radical (unpaired) electrons. The van der Waals surface area contributed by atoms with Crippen LogP contribution in [0, 0.1) is 6.92 Å². The molecule has 2 aromatic heterocycles. The van der Waals surface area contributed by atoms with E-state index in [2.05, 4.69) is 15.0 Å². The van der Waals surface area contributed by atoms with Crippen molar-refractivity contribution in [1.82, 2.24) is 14.1 Å². The minimum absolute atomic E-state index is 0.148. The van der Waals surface area contributed by atoms with E-state index in [1.807, 2.05) is 19.1 Å². The normalized spacial score (nSPS) is 12.3. The molecule has 1 aromatic carbocycles. The van der Waals surface area contributed by atoms with Gasteiger partial charge in [-0.05, 0) is 58.0 Å². The topological polar surface area (TPSA) is 92.6 Å². The number of anilines is 1. The molecule has 0 saturated carbocycles. The first-order valence-electron chi connectivity index (χ1n) is 8.91. The van der Waals surface area contributed by atoms with Gasteiger partial charge in [0.2, 0.25) is 10.0 Å². The number of fused-ring (bicyclic) bond motifs is 1. The molecule has 0 saturated heterocycles. The summed E-state index contributed by atoms with van der Waals surface area (Å²) in [7, 11) is -3.62. The van der Waals surface area contributed by atoms with Crippen LogP contribution < -0.4 is 15.6 Å². The zero-order valence-electron chi connectivity index (χ0n) is 16.4. The molecule has 2 N–H and O–H groups in total. The van der Waals surface area contributed by atoms with Crippen LogP contribution in [-0.2, 0) is 16.6 Å². The Morgan fingerprint density at radius 3 is 2.50 bits per heavy atom. The summed E-state index contributed by atoms with van der Waals surface area (Å²) in [5, 5.41) is 3.14. The number of benzene rings is 1. The van der Waals surface area contributed by atoms with E-state index in [-0.39, 0.29) is 10.5 Å². The number of sulfonamides is 1. The Morgan fingerprint density at radius 2 is 1.79 bits per heavy atom. The highest BCUT2D eigenvalue weighted by molar-refractivity contribution is 7.89. The molecule has 0 atom stereocenters. The fourth-order valence-corrected chi connectivity index (χ4v) is 4.35. The number of hydrogen-bond donors (Lipinski definition) is 2. The maximum absolute atomic E-state index is 12.5. The molecule has 0 bridgehead atoms. The van der Waals surface area contributed by atoms with Crippen LogP contribution in [0.3, 0.4) is 0 Å². The highest BCUT2D eigenvalue weighted by Gasteiger charge is 2.22. The molecule has 148 valence electrons. The van der Waals surface area contributed by atoms with E-state index in [0.29, 0.717) is 23.6 Å². The molecular weight excluding hydrogens is 376 g/mol. The zero-order chi connectivity index (χ0) is 20.5. The van der Waals surface area contributed by atoms with Crippen molar-refractivity contribution in [2.45, 2.75) is 44.7 Å². The van der Waals surface area contributed by atoms with Crippen molar-refractivity contribution in [3.05, 3.63) is 70.3 Å². The minimum Gasteiger partial charge on any atom is -0.379 e. The Bertz CT molecular complexity index is 1180. The second-order valence-electron chi connectivity index (χ2n) is 7.68. The lowest BCUT2D eigenvalue weighted by molar-refractivity contribution is 0.491. The summed E-state index contributed by atoms with van der Waals surface area (Å²) in [6, 6.07) is 13.5. The Kier molecular flexibility index (Phi) is 5.27. The van der Waals surface area contributed by atoms with Crippen molar-refractivity contribution >= 4 is 21.4 Å². The van der Waals surface area contributed by atoms with Crippen LogP contribution in [0.4, 0.5) is 5.69 Å². The lowest BCUT2D eigenvalue weighted by Gasteiger charge is -2.20. The third-order valence-corrected chi connectivity index (χ3v) is 5.75. The fourth-order valence-electron chi connectivity index (χ4n) is 2.88. The second-order valence-corrected chi connectivity index (χ2v) is 9.37. The van der Waals surface area contributed by atoms with Gasteiger partial charge in [-0.25, -0.2) is 18.1 Å². The van der Waals surface area contributed by atoms with E-state index in [1.165, 1.54) is 6.07 Å². The molecule has 0 aliphatic heterocycles. The Balaban J connectivity index is 1.83. The molecule has 0 fully saturated rings. The van der Waals surface area contributed by atoms with Gasteiger partial charge in [-0.15, -0.1) is 0 Å².